The van der Waals surface area contributed by atoms with E-state index in [4.69, 9.17) is 9.84 Å². The number of carboxylic acids is 1. The van der Waals surface area contributed by atoms with E-state index in [1.807, 2.05) is 13.8 Å². The van der Waals surface area contributed by atoms with Crippen LogP contribution in [0.25, 0.3) is 0 Å². The molecule has 0 saturated heterocycles. The van der Waals surface area contributed by atoms with Gasteiger partial charge in [-0.15, -0.1) is 0 Å². The van der Waals surface area contributed by atoms with Gasteiger partial charge in [-0.2, -0.15) is 0 Å². The van der Waals surface area contributed by atoms with Crippen LogP contribution in [0.4, 0.5) is 0 Å². The zero-order chi connectivity index (χ0) is 11.1. The van der Waals surface area contributed by atoms with E-state index in [1.54, 1.807) is 0 Å². The first-order chi connectivity index (χ1) is 6.43. The van der Waals surface area contributed by atoms with Crippen molar-refractivity contribution in [2.24, 2.45) is 5.92 Å². The van der Waals surface area contributed by atoms with Crippen LogP contribution in [-0.2, 0) is 14.3 Å². The Morgan fingerprint density at radius 3 is 2.29 bits per heavy atom. The fourth-order valence-electron chi connectivity index (χ4n) is 0.842. The van der Waals surface area contributed by atoms with Crippen LogP contribution in [0, 0.1) is 5.92 Å². The smallest absolute Gasteiger partial charge is 0.328 e. The second-order valence-corrected chi connectivity index (χ2v) is 3.52. The van der Waals surface area contributed by atoms with E-state index in [1.165, 1.54) is 6.92 Å². The molecular weight excluding hydrogens is 186 g/mol. The van der Waals surface area contributed by atoms with Gasteiger partial charge in [0.05, 0.1) is 6.61 Å². The molecule has 0 aliphatic heterocycles. The largest absolute Gasteiger partial charge is 0.480 e. The van der Waals surface area contributed by atoms with Crippen LogP contribution in [-0.4, -0.2) is 36.2 Å². The van der Waals surface area contributed by atoms with Crippen molar-refractivity contribution >= 4 is 11.9 Å². The zero-order valence-electron chi connectivity index (χ0n) is 8.74. The van der Waals surface area contributed by atoms with E-state index in [9.17, 15) is 9.59 Å². The van der Waals surface area contributed by atoms with Gasteiger partial charge in [0, 0.05) is 13.5 Å². The molecule has 0 rings (SSSR count). The molecule has 14 heavy (non-hydrogen) atoms. The van der Waals surface area contributed by atoms with Crippen molar-refractivity contribution in [2.45, 2.75) is 26.8 Å². The van der Waals surface area contributed by atoms with Gasteiger partial charge >= 0.3 is 5.97 Å². The first kappa shape index (κ1) is 12.9. The van der Waals surface area contributed by atoms with Crippen LogP contribution in [0.5, 0.6) is 0 Å². The lowest BCUT2D eigenvalue weighted by molar-refractivity contribution is -0.143. The second-order valence-electron chi connectivity index (χ2n) is 3.52. The molecule has 5 heteroatoms. The van der Waals surface area contributed by atoms with Gasteiger partial charge in [0.2, 0.25) is 5.91 Å². The van der Waals surface area contributed by atoms with E-state index in [0.717, 1.165) is 0 Å². The van der Waals surface area contributed by atoms with Crippen molar-refractivity contribution in [3.8, 4) is 0 Å². The van der Waals surface area contributed by atoms with E-state index in [2.05, 4.69) is 5.32 Å². The molecule has 0 aromatic rings. The first-order valence-electron chi connectivity index (χ1n) is 4.51. The van der Waals surface area contributed by atoms with Crippen molar-refractivity contribution in [3.63, 3.8) is 0 Å². The third kappa shape index (κ3) is 6.42. The number of carbonyl (C=O) groups is 2. The summed E-state index contributed by atoms with van der Waals surface area (Å²) >= 11 is 0. The molecule has 0 aliphatic carbocycles. The Hall–Kier alpha value is -1.10. The van der Waals surface area contributed by atoms with Crippen molar-refractivity contribution in [2.75, 3.05) is 13.2 Å². The van der Waals surface area contributed by atoms with Gasteiger partial charge in [0.1, 0.15) is 0 Å². The Morgan fingerprint density at radius 1 is 1.36 bits per heavy atom. The van der Waals surface area contributed by atoms with E-state index in [0.29, 0.717) is 12.5 Å². The summed E-state index contributed by atoms with van der Waals surface area (Å²) in [5, 5.41) is 11.0. The summed E-state index contributed by atoms with van der Waals surface area (Å²) in [5.74, 6) is -1.10. The summed E-state index contributed by atoms with van der Waals surface area (Å²) in [6.45, 7) is 5.71. The predicted molar refractivity (Wildman–Crippen MR) is 50.9 cm³/mol. The van der Waals surface area contributed by atoms with Gasteiger partial charge in [-0.3, -0.25) is 4.79 Å². The summed E-state index contributed by atoms with van der Waals surface area (Å²) in [6, 6.07) is -0.953. The number of hydrogen-bond acceptors (Lipinski definition) is 3. The summed E-state index contributed by atoms with van der Waals surface area (Å²) in [6.07, 6.45) is 0. The Morgan fingerprint density at radius 2 is 1.93 bits per heavy atom. The molecule has 0 saturated carbocycles. The van der Waals surface area contributed by atoms with Crippen LogP contribution in [0.2, 0.25) is 0 Å². The maximum absolute atomic E-state index is 10.6. The minimum atomic E-state index is -1.08. The van der Waals surface area contributed by atoms with Crippen LogP contribution in [0.1, 0.15) is 20.8 Å². The molecule has 1 unspecified atom stereocenters. The molecule has 0 radical (unpaired) electrons. The topological polar surface area (TPSA) is 75.6 Å². The SMILES string of the molecule is CC(=O)NC(COCC(C)C)C(=O)O. The summed E-state index contributed by atoms with van der Waals surface area (Å²) in [4.78, 5) is 21.2. The molecule has 1 amide bonds. The molecular formula is C9H17NO4. The Labute approximate surface area is 83.4 Å². The monoisotopic (exact) mass is 203 g/mol. The lowest BCUT2D eigenvalue weighted by atomic mass is 10.2. The number of amides is 1. The third-order valence-corrected chi connectivity index (χ3v) is 1.41. The fourth-order valence-corrected chi connectivity index (χ4v) is 0.842. The van der Waals surface area contributed by atoms with Gasteiger partial charge in [0.25, 0.3) is 0 Å². The van der Waals surface area contributed by atoms with Crippen LogP contribution in [0.15, 0.2) is 0 Å². The normalized spacial score (nSPS) is 12.6. The number of hydrogen-bond donors (Lipinski definition) is 2. The number of aliphatic carboxylic acids is 1. The Kier molecular flexibility index (Phi) is 5.87. The Bertz CT molecular complexity index is 203. The molecule has 0 aromatic heterocycles. The van der Waals surface area contributed by atoms with Gasteiger partial charge in [-0.25, -0.2) is 4.79 Å². The maximum Gasteiger partial charge on any atom is 0.328 e. The molecule has 0 fully saturated rings. The fraction of sp³-hybridized carbons (Fsp3) is 0.778. The predicted octanol–water partition coefficient (Wildman–Crippen LogP) is 0.248. The Balaban J connectivity index is 3.86. The first-order valence-corrected chi connectivity index (χ1v) is 4.51. The van der Waals surface area contributed by atoms with Crippen molar-refractivity contribution in [3.05, 3.63) is 0 Å². The molecule has 0 bridgehead atoms. The van der Waals surface area contributed by atoms with E-state index >= 15 is 0 Å². The highest BCUT2D eigenvalue weighted by molar-refractivity contribution is 5.82. The quantitative estimate of drug-likeness (QED) is 0.648. The van der Waals surface area contributed by atoms with Crippen molar-refractivity contribution < 1.29 is 19.4 Å². The molecule has 2 N–H and O–H groups in total. The average molecular weight is 203 g/mol. The van der Waals surface area contributed by atoms with Crippen molar-refractivity contribution in [1.29, 1.82) is 0 Å². The second kappa shape index (κ2) is 6.37. The summed E-state index contributed by atoms with van der Waals surface area (Å²) in [7, 11) is 0. The van der Waals surface area contributed by atoms with Gasteiger partial charge < -0.3 is 15.2 Å². The van der Waals surface area contributed by atoms with Crippen LogP contribution < -0.4 is 5.32 Å². The van der Waals surface area contributed by atoms with E-state index < -0.39 is 12.0 Å². The number of rotatable bonds is 6. The number of nitrogens with one attached hydrogen (secondary N) is 1. The number of carbonyl (C=O) groups excluding carboxylic acids is 1. The number of ether oxygens (including phenoxy) is 1. The van der Waals surface area contributed by atoms with E-state index in [-0.39, 0.29) is 12.5 Å². The lowest BCUT2D eigenvalue weighted by Gasteiger charge is -2.14. The molecule has 82 valence electrons. The van der Waals surface area contributed by atoms with Crippen LogP contribution >= 0.6 is 0 Å². The molecule has 0 spiro atoms. The van der Waals surface area contributed by atoms with Gasteiger partial charge in [-0.05, 0) is 5.92 Å². The lowest BCUT2D eigenvalue weighted by Crippen LogP contribution is -2.43. The summed E-state index contributed by atoms with van der Waals surface area (Å²) in [5.41, 5.74) is 0. The van der Waals surface area contributed by atoms with Gasteiger partial charge in [-0.1, -0.05) is 13.8 Å². The molecule has 0 aliphatic rings. The average Bonchev–Trinajstić information content (AvgIpc) is 2.00. The highest BCUT2D eigenvalue weighted by Crippen LogP contribution is 1.94. The molecule has 0 heterocycles. The third-order valence-electron chi connectivity index (χ3n) is 1.41. The summed E-state index contributed by atoms with van der Waals surface area (Å²) < 4.78 is 5.12. The van der Waals surface area contributed by atoms with Crippen LogP contribution in [0.3, 0.4) is 0 Å². The van der Waals surface area contributed by atoms with Gasteiger partial charge in [0.15, 0.2) is 6.04 Å². The minimum absolute atomic E-state index is 0.00704. The number of carboxylic acid groups (broad SMARTS) is 1. The highest BCUT2D eigenvalue weighted by Gasteiger charge is 2.18. The molecule has 1 atom stereocenters. The van der Waals surface area contributed by atoms with Crippen molar-refractivity contribution in [1.82, 2.24) is 5.32 Å². The maximum atomic E-state index is 10.6. The molecule has 5 nitrogen and oxygen atoms in total. The minimum Gasteiger partial charge on any atom is -0.480 e. The zero-order valence-corrected chi connectivity index (χ0v) is 8.74. The molecule has 0 aromatic carbocycles. The highest BCUT2D eigenvalue weighted by atomic mass is 16.5. The standard InChI is InChI=1S/C9H17NO4/c1-6(2)4-14-5-8(9(12)13)10-7(3)11/h6,8H,4-5H2,1-3H3,(H,10,11)(H,12,13).